The maximum Gasteiger partial charge on any atom is 0.0130 e. The molecule has 0 fully saturated rings. The van der Waals surface area contributed by atoms with E-state index in [1.165, 1.54) is 0 Å². The van der Waals surface area contributed by atoms with E-state index in [-0.39, 0.29) is 11.1 Å². The SMILES string of the molecule is CCN(CC)CCNCCN(C(C)(C)C)C(C)(C)C. The summed E-state index contributed by atoms with van der Waals surface area (Å²) in [5.74, 6) is 0. The Hall–Kier alpha value is -0.120. The van der Waals surface area contributed by atoms with E-state index < -0.39 is 0 Å². The van der Waals surface area contributed by atoms with Crippen LogP contribution in [-0.4, -0.2) is 60.1 Å². The van der Waals surface area contributed by atoms with Gasteiger partial charge < -0.3 is 10.2 Å². The molecule has 0 unspecified atom stereocenters. The fraction of sp³-hybridized carbons (Fsp3) is 1.00. The summed E-state index contributed by atoms with van der Waals surface area (Å²) in [4.78, 5) is 5.03. The van der Waals surface area contributed by atoms with Gasteiger partial charge >= 0.3 is 0 Å². The molecule has 1 N–H and O–H groups in total. The Morgan fingerprint density at radius 3 is 1.53 bits per heavy atom. The minimum atomic E-state index is 0.221. The Kier molecular flexibility index (Phi) is 8.18. The van der Waals surface area contributed by atoms with Crippen LogP contribution in [-0.2, 0) is 0 Å². The smallest absolute Gasteiger partial charge is 0.0130 e. The minimum Gasteiger partial charge on any atom is -0.314 e. The molecule has 0 saturated heterocycles. The highest BCUT2D eigenvalue weighted by molar-refractivity contribution is 4.87. The van der Waals surface area contributed by atoms with Crippen molar-refractivity contribution in [3.63, 3.8) is 0 Å². The van der Waals surface area contributed by atoms with Gasteiger partial charge in [0.05, 0.1) is 0 Å². The topological polar surface area (TPSA) is 18.5 Å². The van der Waals surface area contributed by atoms with Gasteiger partial charge in [-0.15, -0.1) is 0 Å². The van der Waals surface area contributed by atoms with Gasteiger partial charge in [0, 0.05) is 37.3 Å². The van der Waals surface area contributed by atoms with Crippen LogP contribution in [0.15, 0.2) is 0 Å². The molecule has 0 bridgehead atoms. The summed E-state index contributed by atoms with van der Waals surface area (Å²) in [5, 5.41) is 3.58. The van der Waals surface area contributed by atoms with E-state index in [9.17, 15) is 0 Å². The second-order valence-corrected chi connectivity index (χ2v) is 7.27. The van der Waals surface area contributed by atoms with E-state index in [1.807, 2.05) is 0 Å². The largest absolute Gasteiger partial charge is 0.314 e. The molecule has 0 heterocycles. The summed E-state index contributed by atoms with van der Waals surface area (Å²) in [6.07, 6.45) is 0. The first-order valence-corrected chi connectivity index (χ1v) is 7.83. The first kappa shape index (κ1) is 18.9. The third-order valence-corrected chi connectivity index (χ3v) is 3.63. The summed E-state index contributed by atoms with van der Waals surface area (Å²) < 4.78 is 0. The van der Waals surface area contributed by atoms with E-state index in [0.29, 0.717) is 0 Å². The molecule has 19 heavy (non-hydrogen) atoms. The molecule has 0 aromatic carbocycles. The van der Waals surface area contributed by atoms with Crippen molar-refractivity contribution in [1.29, 1.82) is 0 Å². The molecule has 0 aliphatic heterocycles. The molecule has 0 atom stereocenters. The van der Waals surface area contributed by atoms with Crippen LogP contribution in [0.4, 0.5) is 0 Å². The maximum absolute atomic E-state index is 3.58. The summed E-state index contributed by atoms with van der Waals surface area (Å²) in [7, 11) is 0. The van der Waals surface area contributed by atoms with Gasteiger partial charge in [-0.3, -0.25) is 4.90 Å². The molecule has 0 aliphatic carbocycles. The Labute approximate surface area is 121 Å². The normalized spacial score (nSPS) is 13.6. The first-order valence-electron chi connectivity index (χ1n) is 7.83. The third kappa shape index (κ3) is 7.91. The van der Waals surface area contributed by atoms with Gasteiger partial charge in [-0.25, -0.2) is 0 Å². The quantitative estimate of drug-likeness (QED) is 0.685. The van der Waals surface area contributed by atoms with Crippen LogP contribution < -0.4 is 5.32 Å². The Morgan fingerprint density at radius 1 is 0.737 bits per heavy atom. The Balaban J connectivity index is 4.03. The average molecular weight is 271 g/mol. The van der Waals surface area contributed by atoms with Crippen molar-refractivity contribution in [3.05, 3.63) is 0 Å². The van der Waals surface area contributed by atoms with E-state index in [2.05, 4.69) is 70.5 Å². The predicted molar refractivity (Wildman–Crippen MR) is 86.9 cm³/mol. The number of likely N-dealkylation sites (N-methyl/N-ethyl adjacent to an activating group) is 1. The van der Waals surface area contributed by atoms with E-state index in [1.54, 1.807) is 0 Å². The standard InChI is InChI=1S/C16H37N3/c1-9-18(10-2)13-11-17-12-14-19(15(3,4)5)16(6,7)8/h17H,9-14H2,1-8H3. The average Bonchev–Trinajstić information content (AvgIpc) is 2.24. The predicted octanol–water partition coefficient (Wildman–Crippen LogP) is 2.82. The lowest BCUT2D eigenvalue weighted by Gasteiger charge is -2.45. The lowest BCUT2D eigenvalue weighted by Crippen LogP contribution is -2.54. The Bertz CT molecular complexity index is 207. The molecule has 3 nitrogen and oxygen atoms in total. The molecule has 0 spiro atoms. The molecule has 0 aromatic heterocycles. The second kappa shape index (κ2) is 8.23. The number of nitrogens with one attached hydrogen (secondary N) is 1. The minimum absolute atomic E-state index is 0.221. The second-order valence-electron chi connectivity index (χ2n) is 7.27. The molecule has 0 saturated carbocycles. The lowest BCUT2D eigenvalue weighted by atomic mass is 9.96. The van der Waals surface area contributed by atoms with Crippen LogP contribution in [0.1, 0.15) is 55.4 Å². The van der Waals surface area contributed by atoms with Gasteiger partial charge in [0.1, 0.15) is 0 Å². The van der Waals surface area contributed by atoms with Crippen LogP contribution in [0.3, 0.4) is 0 Å². The third-order valence-electron chi connectivity index (χ3n) is 3.63. The highest BCUT2D eigenvalue weighted by Crippen LogP contribution is 2.23. The zero-order valence-corrected chi connectivity index (χ0v) is 14.6. The van der Waals surface area contributed by atoms with Gasteiger partial charge in [0.15, 0.2) is 0 Å². The molecule has 0 aromatic rings. The summed E-state index contributed by atoms with van der Waals surface area (Å²) in [6.45, 7) is 25.0. The van der Waals surface area contributed by atoms with Crippen molar-refractivity contribution < 1.29 is 0 Å². The van der Waals surface area contributed by atoms with Crippen LogP contribution in [0.2, 0.25) is 0 Å². The van der Waals surface area contributed by atoms with Crippen molar-refractivity contribution in [3.8, 4) is 0 Å². The highest BCUT2D eigenvalue weighted by atomic mass is 15.2. The lowest BCUT2D eigenvalue weighted by molar-refractivity contribution is 0.0396. The molecule has 0 radical (unpaired) electrons. The molecule has 0 rings (SSSR count). The van der Waals surface area contributed by atoms with Crippen LogP contribution in [0.25, 0.3) is 0 Å². The number of hydrogen-bond acceptors (Lipinski definition) is 3. The van der Waals surface area contributed by atoms with Crippen molar-refractivity contribution in [2.75, 3.05) is 39.3 Å². The molecular weight excluding hydrogens is 234 g/mol. The molecule has 0 aliphatic rings. The molecule has 0 amide bonds. The van der Waals surface area contributed by atoms with E-state index >= 15 is 0 Å². The fourth-order valence-electron chi connectivity index (χ4n) is 2.77. The van der Waals surface area contributed by atoms with Crippen molar-refractivity contribution in [2.45, 2.75) is 66.5 Å². The highest BCUT2D eigenvalue weighted by Gasteiger charge is 2.30. The summed E-state index contributed by atoms with van der Waals surface area (Å²) in [5.41, 5.74) is 0.442. The monoisotopic (exact) mass is 271 g/mol. The Morgan fingerprint density at radius 2 is 1.16 bits per heavy atom. The van der Waals surface area contributed by atoms with Gasteiger partial charge in [-0.2, -0.15) is 0 Å². The molecule has 116 valence electrons. The van der Waals surface area contributed by atoms with Gasteiger partial charge in [-0.05, 0) is 54.6 Å². The van der Waals surface area contributed by atoms with Crippen molar-refractivity contribution in [1.82, 2.24) is 15.1 Å². The number of hydrogen-bond donors (Lipinski definition) is 1. The fourth-order valence-corrected chi connectivity index (χ4v) is 2.77. The van der Waals surface area contributed by atoms with Crippen molar-refractivity contribution in [2.24, 2.45) is 0 Å². The van der Waals surface area contributed by atoms with Gasteiger partial charge in [0.25, 0.3) is 0 Å². The van der Waals surface area contributed by atoms with E-state index in [0.717, 1.165) is 39.3 Å². The van der Waals surface area contributed by atoms with Crippen LogP contribution in [0.5, 0.6) is 0 Å². The van der Waals surface area contributed by atoms with E-state index in [4.69, 9.17) is 0 Å². The van der Waals surface area contributed by atoms with Crippen molar-refractivity contribution >= 4 is 0 Å². The summed E-state index contributed by atoms with van der Waals surface area (Å²) in [6, 6.07) is 0. The first-order chi connectivity index (χ1) is 8.62. The number of rotatable bonds is 8. The van der Waals surface area contributed by atoms with Gasteiger partial charge in [0.2, 0.25) is 0 Å². The molecule has 3 heteroatoms. The van der Waals surface area contributed by atoms with Gasteiger partial charge in [-0.1, -0.05) is 13.8 Å². The van der Waals surface area contributed by atoms with Crippen LogP contribution >= 0.6 is 0 Å². The zero-order valence-electron chi connectivity index (χ0n) is 14.6. The van der Waals surface area contributed by atoms with Crippen LogP contribution in [0, 0.1) is 0 Å². The number of nitrogens with zero attached hydrogens (tertiary/aromatic N) is 2. The zero-order chi connectivity index (χ0) is 15.1. The maximum atomic E-state index is 3.58. The summed E-state index contributed by atoms with van der Waals surface area (Å²) >= 11 is 0. The molecular formula is C16H37N3.